The number of nitrogens with zero attached hydrogens (tertiary/aromatic N) is 2. The molecule has 0 aliphatic rings. The second kappa shape index (κ2) is 11.2. The molecule has 2 aromatic rings. The van der Waals surface area contributed by atoms with E-state index in [4.69, 9.17) is 9.47 Å². The lowest BCUT2D eigenvalue weighted by Crippen LogP contribution is -2.42. The predicted octanol–water partition coefficient (Wildman–Crippen LogP) is 2.35. The number of benzene rings is 1. The van der Waals surface area contributed by atoms with Crippen molar-refractivity contribution in [3.8, 4) is 11.5 Å². The molecule has 0 saturated heterocycles. The van der Waals surface area contributed by atoms with E-state index in [0.717, 1.165) is 11.5 Å². The number of guanidine groups is 1. The van der Waals surface area contributed by atoms with Crippen molar-refractivity contribution in [1.82, 2.24) is 15.5 Å². The van der Waals surface area contributed by atoms with Crippen LogP contribution in [0, 0.1) is 0 Å². The fourth-order valence-corrected chi connectivity index (χ4v) is 2.88. The van der Waals surface area contributed by atoms with E-state index in [0.29, 0.717) is 19.0 Å². The Hall–Kier alpha value is -2.74. The standard InChI is InChI=1S/C20H28N4O3S/c1-15(27-17-8-5-7-16(11-17)26-4)12-21-20(23-14-19(25)24(2)3)22-13-18-9-6-10-28-18/h5-11,15H,12-14H2,1-4H3,(H2,21,22,23). The average molecular weight is 405 g/mol. The van der Waals surface area contributed by atoms with Crippen molar-refractivity contribution in [2.24, 2.45) is 4.99 Å². The molecule has 0 saturated carbocycles. The zero-order valence-electron chi connectivity index (χ0n) is 16.8. The van der Waals surface area contributed by atoms with Crippen LogP contribution >= 0.6 is 11.3 Å². The van der Waals surface area contributed by atoms with Gasteiger partial charge in [-0.05, 0) is 30.5 Å². The third-order valence-electron chi connectivity index (χ3n) is 3.82. The number of carbonyl (C=O) groups excluding carboxylic acids is 1. The fraction of sp³-hybridized carbons (Fsp3) is 0.400. The molecular formula is C20H28N4O3S. The number of likely N-dealkylation sites (N-methyl/N-ethyl adjacent to an activating group) is 1. The minimum Gasteiger partial charge on any atom is -0.497 e. The molecule has 1 unspecified atom stereocenters. The normalized spacial score (nSPS) is 12.2. The Labute approximate surface area is 170 Å². The minimum atomic E-state index is -0.106. The monoisotopic (exact) mass is 404 g/mol. The molecule has 1 atom stereocenters. The number of ether oxygens (including phenoxy) is 2. The molecule has 2 rings (SSSR count). The lowest BCUT2D eigenvalue weighted by Gasteiger charge is -2.18. The molecule has 0 bridgehead atoms. The Morgan fingerprint density at radius 3 is 2.68 bits per heavy atom. The Balaban J connectivity index is 1.91. The van der Waals surface area contributed by atoms with Crippen LogP contribution in [0.2, 0.25) is 0 Å². The highest BCUT2D eigenvalue weighted by atomic mass is 32.1. The van der Waals surface area contributed by atoms with E-state index in [-0.39, 0.29) is 18.6 Å². The summed E-state index contributed by atoms with van der Waals surface area (Å²) in [5.74, 6) is 2.00. The van der Waals surface area contributed by atoms with Gasteiger partial charge in [-0.2, -0.15) is 0 Å². The number of rotatable bonds is 9. The van der Waals surface area contributed by atoms with Crippen molar-refractivity contribution in [3.63, 3.8) is 0 Å². The van der Waals surface area contributed by atoms with Crippen LogP contribution in [0.4, 0.5) is 0 Å². The van der Waals surface area contributed by atoms with E-state index >= 15 is 0 Å². The van der Waals surface area contributed by atoms with Gasteiger partial charge in [0.05, 0.1) is 20.2 Å². The van der Waals surface area contributed by atoms with Crippen LogP contribution in [0.15, 0.2) is 46.8 Å². The van der Waals surface area contributed by atoms with Crippen molar-refractivity contribution in [2.45, 2.75) is 19.6 Å². The third-order valence-corrected chi connectivity index (χ3v) is 4.69. The third kappa shape index (κ3) is 7.48. The summed E-state index contributed by atoms with van der Waals surface area (Å²) in [6.45, 7) is 3.22. The Morgan fingerprint density at radius 2 is 2.00 bits per heavy atom. The van der Waals surface area contributed by atoms with Crippen LogP contribution in [-0.2, 0) is 11.3 Å². The first-order chi connectivity index (χ1) is 13.5. The Morgan fingerprint density at radius 1 is 1.21 bits per heavy atom. The van der Waals surface area contributed by atoms with Gasteiger partial charge in [-0.3, -0.25) is 4.79 Å². The lowest BCUT2D eigenvalue weighted by molar-refractivity contribution is -0.127. The number of nitrogens with one attached hydrogen (secondary N) is 2. The summed E-state index contributed by atoms with van der Waals surface area (Å²) in [4.78, 5) is 18.9. The fourth-order valence-electron chi connectivity index (χ4n) is 2.24. The first-order valence-corrected chi connectivity index (χ1v) is 9.91. The molecule has 2 N–H and O–H groups in total. The van der Waals surface area contributed by atoms with Gasteiger partial charge in [0.2, 0.25) is 5.91 Å². The molecule has 1 amide bonds. The number of hydrogen-bond acceptors (Lipinski definition) is 5. The van der Waals surface area contributed by atoms with E-state index in [1.165, 1.54) is 9.78 Å². The second-order valence-electron chi connectivity index (χ2n) is 6.37. The number of aliphatic imine (C=N–C) groups is 1. The first-order valence-electron chi connectivity index (χ1n) is 9.03. The quantitative estimate of drug-likeness (QED) is 0.496. The minimum absolute atomic E-state index is 0.0575. The van der Waals surface area contributed by atoms with E-state index in [1.807, 2.05) is 42.6 Å². The SMILES string of the molecule is COc1cccc(OC(C)CNC(=NCC(=O)N(C)C)NCc2cccs2)c1. The molecule has 1 heterocycles. The maximum atomic E-state index is 11.8. The highest BCUT2D eigenvalue weighted by Gasteiger charge is 2.09. The topological polar surface area (TPSA) is 75.2 Å². The summed E-state index contributed by atoms with van der Waals surface area (Å²) < 4.78 is 11.1. The number of methoxy groups -OCH3 is 1. The first kappa shape index (κ1) is 21.6. The maximum Gasteiger partial charge on any atom is 0.243 e. The highest BCUT2D eigenvalue weighted by molar-refractivity contribution is 7.09. The summed E-state index contributed by atoms with van der Waals surface area (Å²) in [7, 11) is 5.06. The van der Waals surface area contributed by atoms with Gasteiger partial charge < -0.3 is 25.0 Å². The molecule has 28 heavy (non-hydrogen) atoms. The molecule has 0 radical (unpaired) electrons. The summed E-state index contributed by atoms with van der Waals surface area (Å²) in [5, 5.41) is 8.53. The van der Waals surface area contributed by atoms with E-state index in [9.17, 15) is 4.79 Å². The molecule has 0 aliphatic carbocycles. The van der Waals surface area contributed by atoms with Crippen LogP contribution in [0.25, 0.3) is 0 Å². The van der Waals surface area contributed by atoms with Crippen molar-refractivity contribution in [2.75, 3.05) is 34.3 Å². The van der Waals surface area contributed by atoms with Crippen molar-refractivity contribution < 1.29 is 14.3 Å². The maximum absolute atomic E-state index is 11.8. The zero-order chi connectivity index (χ0) is 20.4. The van der Waals surface area contributed by atoms with Crippen LogP contribution < -0.4 is 20.1 Å². The van der Waals surface area contributed by atoms with E-state index < -0.39 is 0 Å². The van der Waals surface area contributed by atoms with Crippen LogP contribution in [0.1, 0.15) is 11.8 Å². The highest BCUT2D eigenvalue weighted by Crippen LogP contribution is 2.19. The molecule has 1 aromatic heterocycles. The molecule has 8 heteroatoms. The van der Waals surface area contributed by atoms with Crippen LogP contribution in [0.3, 0.4) is 0 Å². The summed E-state index contributed by atoms with van der Waals surface area (Å²) in [5.41, 5.74) is 0. The van der Waals surface area contributed by atoms with Crippen molar-refractivity contribution >= 4 is 23.2 Å². The van der Waals surface area contributed by atoms with Gasteiger partial charge >= 0.3 is 0 Å². The number of amides is 1. The molecule has 7 nitrogen and oxygen atoms in total. The van der Waals surface area contributed by atoms with Crippen LogP contribution in [-0.4, -0.2) is 57.2 Å². The number of hydrogen-bond donors (Lipinski definition) is 2. The summed E-state index contributed by atoms with van der Waals surface area (Å²) in [6, 6.07) is 11.5. The Kier molecular flexibility index (Phi) is 8.61. The van der Waals surface area contributed by atoms with Gasteiger partial charge in [-0.15, -0.1) is 11.3 Å². The smallest absolute Gasteiger partial charge is 0.243 e. The van der Waals surface area contributed by atoms with E-state index in [2.05, 4.69) is 21.7 Å². The largest absolute Gasteiger partial charge is 0.497 e. The van der Waals surface area contributed by atoms with E-state index in [1.54, 1.807) is 32.5 Å². The Bertz CT molecular complexity index is 763. The molecule has 152 valence electrons. The second-order valence-corrected chi connectivity index (χ2v) is 7.41. The molecule has 0 fully saturated rings. The van der Waals surface area contributed by atoms with Crippen molar-refractivity contribution in [3.05, 3.63) is 46.7 Å². The number of carbonyl (C=O) groups is 1. The molecule has 0 spiro atoms. The zero-order valence-corrected chi connectivity index (χ0v) is 17.6. The van der Waals surface area contributed by atoms with Gasteiger partial charge in [0.15, 0.2) is 5.96 Å². The van der Waals surface area contributed by atoms with Gasteiger partial charge in [-0.25, -0.2) is 4.99 Å². The van der Waals surface area contributed by atoms with Gasteiger partial charge in [0.25, 0.3) is 0 Å². The van der Waals surface area contributed by atoms with Gasteiger partial charge in [-0.1, -0.05) is 12.1 Å². The predicted molar refractivity (Wildman–Crippen MR) is 113 cm³/mol. The molecule has 1 aromatic carbocycles. The van der Waals surface area contributed by atoms with Crippen molar-refractivity contribution in [1.29, 1.82) is 0 Å². The molecular weight excluding hydrogens is 376 g/mol. The van der Waals surface area contributed by atoms with Gasteiger partial charge in [0, 0.05) is 25.0 Å². The average Bonchev–Trinajstić information content (AvgIpc) is 3.20. The van der Waals surface area contributed by atoms with Gasteiger partial charge in [0.1, 0.15) is 24.1 Å². The van der Waals surface area contributed by atoms with Crippen LogP contribution in [0.5, 0.6) is 11.5 Å². The lowest BCUT2D eigenvalue weighted by atomic mass is 10.3. The summed E-state index contributed by atoms with van der Waals surface area (Å²) >= 11 is 1.67. The number of thiophene rings is 1. The molecule has 0 aliphatic heterocycles. The summed E-state index contributed by atoms with van der Waals surface area (Å²) in [6.07, 6.45) is -0.106.